The van der Waals surface area contributed by atoms with Crippen molar-refractivity contribution in [1.82, 2.24) is 10.2 Å². The van der Waals surface area contributed by atoms with Crippen LogP contribution in [0.1, 0.15) is 33.1 Å². The van der Waals surface area contributed by atoms with Crippen LogP contribution in [-0.2, 0) is 9.53 Å². The van der Waals surface area contributed by atoms with Gasteiger partial charge < -0.3 is 10.1 Å². The highest BCUT2D eigenvalue weighted by Gasteiger charge is 2.28. The zero-order valence-corrected chi connectivity index (χ0v) is 12.9. The minimum atomic E-state index is -0.158. The van der Waals surface area contributed by atoms with Crippen LogP contribution >= 0.6 is 0 Å². The molecule has 5 heteroatoms. The molecule has 0 aromatic rings. The molecule has 0 amide bonds. The van der Waals surface area contributed by atoms with Crippen molar-refractivity contribution in [3.63, 3.8) is 0 Å². The van der Waals surface area contributed by atoms with E-state index in [9.17, 15) is 4.79 Å². The Hall–Kier alpha value is -1.12. The second-order valence-electron chi connectivity index (χ2n) is 6.07. The predicted octanol–water partition coefficient (Wildman–Crippen LogP) is 1.40. The summed E-state index contributed by atoms with van der Waals surface area (Å²) in [6.45, 7) is 7.55. The summed E-state index contributed by atoms with van der Waals surface area (Å²) in [5.74, 6) is 0.808. The predicted molar refractivity (Wildman–Crippen MR) is 78.0 cm³/mol. The summed E-state index contributed by atoms with van der Waals surface area (Å²) >= 11 is 0. The number of piperidine rings is 1. The largest absolute Gasteiger partial charge is 0.469 e. The quantitative estimate of drug-likeness (QED) is 0.564. The SMILES string of the molecule is COC(=O)CC1CC(NCCC(C)C)CN(CC#N)C1. The number of nitriles is 1. The highest BCUT2D eigenvalue weighted by Crippen LogP contribution is 2.20. The lowest BCUT2D eigenvalue weighted by Crippen LogP contribution is -2.50. The molecule has 5 nitrogen and oxygen atoms in total. The van der Waals surface area contributed by atoms with Gasteiger partial charge in [-0.3, -0.25) is 9.69 Å². The lowest BCUT2D eigenvalue weighted by molar-refractivity contribution is -0.142. The van der Waals surface area contributed by atoms with E-state index in [1.54, 1.807) is 0 Å². The topological polar surface area (TPSA) is 65.4 Å². The fraction of sp³-hybridized carbons (Fsp3) is 0.867. The van der Waals surface area contributed by atoms with Crippen LogP contribution in [0.3, 0.4) is 0 Å². The second-order valence-corrected chi connectivity index (χ2v) is 6.07. The third kappa shape index (κ3) is 6.36. The highest BCUT2D eigenvalue weighted by molar-refractivity contribution is 5.69. The van der Waals surface area contributed by atoms with Crippen LogP contribution in [0.5, 0.6) is 0 Å². The van der Waals surface area contributed by atoms with Gasteiger partial charge in [0.15, 0.2) is 0 Å². The van der Waals surface area contributed by atoms with Crippen LogP contribution in [0.2, 0.25) is 0 Å². The Labute approximate surface area is 122 Å². The van der Waals surface area contributed by atoms with Crippen LogP contribution < -0.4 is 5.32 Å². The van der Waals surface area contributed by atoms with E-state index >= 15 is 0 Å². The molecule has 1 heterocycles. The molecule has 0 aliphatic carbocycles. The van der Waals surface area contributed by atoms with Gasteiger partial charge in [0, 0.05) is 25.6 Å². The molecule has 0 aromatic carbocycles. The minimum absolute atomic E-state index is 0.158. The zero-order chi connectivity index (χ0) is 15.0. The van der Waals surface area contributed by atoms with Crippen molar-refractivity contribution in [2.75, 3.05) is 33.3 Å². The summed E-state index contributed by atoms with van der Waals surface area (Å²) in [4.78, 5) is 13.6. The van der Waals surface area contributed by atoms with Gasteiger partial charge in [-0.05, 0) is 31.2 Å². The molecule has 1 saturated heterocycles. The molecular formula is C15H27N3O2. The lowest BCUT2D eigenvalue weighted by Gasteiger charge is -2.36. The van der Waals surface area contributed by atoms with Crippen molar-refractivity contribution in [3.8, 4) is 6.07 Å². The molecule has 114 valence electrons. The molecule has 20 heavy (non-hydrogen) atoms. The maximum atomic E-state index is 11.4. The summed E-state index contributed by atoms with van der Waals surface area (Å²) in [5, 5.41) is 12.4. The van der Waals surface area contributed by atoms with E-state index in [-0.39, 0.29) is 11.9 Å². The Morgan fingerprint density at radius 2 is 2.25 bits per heavy atom. The molecule has 1 aliphatic rings. The van der Waals surface area contributed by atoms with Gasteiger partial charge in [-0.1, -0.05) is 13.8 Å². The van der Waals surface area contributed by atoms with E-state index in [1.807, 2.05) is 0 Å². The average Bonchev–Trinajstić information content (AvgIpc) is 2.38. The molecule has 1 N–H and O–H groups in total. The summed E-state index contributed by atoms with van der Waals surface area (Å²) < 4.78 is 4.75. The Morgan fingerprint density at radius 1 is 1.50 bits per heavy atom. The Balaban J connectivity index is 2.47. The van der Waals surface area contributed by atoms with Crippen molar-refractivity contribution in [1.29, 1.82) is 5.26 Å². The number of nitrogens with zero attached hydrogens (tertiary/aromatic N) is 2. The number of esters is 1. The van der Waals surface area contributed by atoms with Crippen molar-refractivity contribution in [2.45, 2.75) is 39.2 Å². The molecule has 0 aromatic heterocycles. The number of hydrogen-bond donors (Lipinski definition) is 1. The molecule has 0 bridgehead atoms. The molecule has 1 fully saturated rings. The first-order valence-corrected chi connectivity index (χ1v) is 7.44. The molecule has 2 unspecified atom stereocenters. The number of likely N-dealkylation sites (tertiary alicyclic amines) is 1. The van der Waals surface area contributed by atoms with Gasteiger partial charge in [-0.15, -0.1) is 0 Å². The van der Waals surface area contributed by atoms with E-state index in [0.29, 0.717) is 24.9 Å². The summed E-state index contributed by atoms with van der Waals surface area (Å²) in [6, 6.07) is 2.57. The summed E-state index contributed by atoms with van der Waals surface area (Å²) in [5.41, 5.74) is 0. The number of carbonyl (C=O) groups excluding carboxylic acids is 1. The molecule has 1 rings (SSSR count). The molecule has 0 saturated carbocycles. The Kier molecular flexibility index (Phi) is 7.56. The van der Waals surface area contributed by atoms with Gasteiger partial charge in [0.05, 0.1) is 19.7 Å². The van der Waals surface area contributed by atoms with Crippen molar-refractivity contribution < 1.29 is 9.53 Å². The fourth-order valence-electron chi connectivity index (χ4n) is 2.72. The normalized spacial score (nSPS) is 23.6. The smallest absolute Gasteiger partial charge is 0.305 e. The maximum absolute atomic E-state index is 11.4. The number of nitrogens with one attached hydrogen (secondary N) is 1. The van der Waals surface area contributed by atoms with Gasteiger partial charge in [0.1, 0.15) is 0 Å². The monoisotopic (exact) mass is 281 g/mol. The average molecular weight is 281 g/mol. The number of rotatable bonds is 7. The van der Waals surface area contributed by atoms with E-state index in [4.69, 9.17) is 10.00 Å². The molecule has 0 spiro atoms. The van der Waals surface area contributed by atoms with Crippen LogP contribution in [0.4, 0.5) is 0 Å². The zero-order valence-electron chi connectivity index (χ0n) is 12.9. The maximum Gasteiger partial charge on any atom is 0.305 e. The standard InChI is InChI=1S/C15H27N3O2/c1-12(2)4-6-17-14-8-13(9-15(19)20-3)10-18(11-14)7-5-16/h12-14,17H,4,6-11H2,1-3H3. The summed E-state index contributed by atoms with van der Waals surface area (Å²) in [7, 11) is 1.43. The highest BCUT2D eigenvalue weighted by atomic mass is 16.5. The van der Waals surface area contributed by atoms with Gasteiger partial charge in [-0.2, -0.15) is 5.26 Å². The number of methoxy groups -OCH3 is 1. The minimum Gasteiger partial charge on any atom is -0.469 e. The van der Waals surface area contributed by atoms with Gasteiger partial charge in [0.2, 0.25) is 0 Å². The van der Waals surface area contributed by atoms with Crippen molar-refractivity contribution >= 4 is 5.97 Å². The van der Waals surface area contributed by atoms with Crippen molar-refractivity contribution in [3.05, 3.63) is 0 Å². The molecule has 1 aliphatic heterocycles. The number of carbonyl (C=O) groups is 1. The first-order valence-electron chi connectivity index (χ1n) is 7.44. The van der Waals surface area contributed by atoms with Gasteiger partial charge >= 0.3 is 5.97 Å². The Bertz CT molecular complexity index is 339. The van der Waals surface area contributed by atoms with Crippen molar-refractivity contribution in [2.24, 2.45) is 11.8 Å². The molecular weight excluding hydrogens is 254 g/mol. The van der Waals surface area contributed by atoms with Crippen LogP contribution in [-0.4, -0.2) is 50.2 Å². The molecule has 0 radical (unpaired) electrons. The third-order valence-electron chi connectivity index (χ3n) is 3.74. The number of hydrogen-bond acceptors (Lipinski definition) is 5. The Morgan fingerprint density at radius 3 is 2.85 bits per heavy atom. The van der Waals surface area contributed by atoms with Crippen LogP contribution in [0.25, 0.3) is 0 Å². The lowest BCUT2D eigenvalue weighted by atomic mass is 9.91. The first-order chi connectivity index (χ1) is 9.55. The van der Waals surface area contributed by atoms with E-state index in [1.165, 1.54) is 7.11 Å². The fourth-order valence-corrected chi connectivity index (χ4v) is 2.72. The third-order valence-corrected chi connectivity index (χ3v) is 3.74. The molecule has 2 atom stereocenters. The number of ether oxygens (including phenoxy) is 1. The van der Waals surface area contributed by atoms with Crippen LogP contribution in [0, 0.1) is 23.2 Å². The van der Waals surface area contributed by atoms with E-state index in [0.717, 1.165) is 32.5 Å². The van der Waals surface area contributed by atoms with Gasteiger partial charge in [-0.25, -0.2) is 0 Å². The van der Waals surface area contributed by atoms with Crippen LogP contribution in [0.15, 0.2) is 0 Å². The van der Waals surface area contributed by atoms with Gasteiger partial charge in [0.25, 0.3) is 0 Å². The van der Waals surface area contributed by atoms with E-state index in [2.05, 4.69) is 30.1 Å². The van der Waals surface area contributed by atoms with E-state index < -0.39 is 0 Å². The second kappa shape index (κ2) is 8.93. The summed E-state index contributed by atoms with van der Waals surface area (Å²) in [6.07, 6.45) is 2.58. The first kappa shape index (κ1) is 16.9.